The van der Waals surface area contributed by atoms with Crippen LogP contribution in [0.15, 0.2) is 60.9 Å². The maximum atomic E-state index is 12.5. The third-order valence-electron chi connectivity index (χ3n) is 4.52. The minimum Gasteiger partial charge on any atom is -0.380 e. The van der Waals surface area contributed by atoms with E-state index in [0.717, 1.165) is 11.3 Å². The van der Waals surface area contributed by atoms with Gasteiger partial charge in [0.15, 0.2) is 0 Å². The Morgan fingerprint density at radius 1 is 1.17 bits per heavy atom. The van der Waals surface area contributed by atoms with Crippen molar-refractivity contribution in [2.45, 2.75) is 13.5 Å². The van der Waals surface area contributed by atoms with Crippen LogP contribution >= 0.6 is 11.6 Å². The fourth-order valence-corrected chi connectivity index (χ4v) is 3.07. The van der Waals surface area contributed by atoms with Crippen molar-refractivity contribution in [3.05, 3.63) is 92.8 Å². The number of carbonyl (C=O) groups excluding carboxylic acids is 1. The molecule has 3 rings (SSSR count). The van der Waals surface area contributed by atoms with E-state index in [1.54, 1.807) is 49.5 Å². The molecule has 29 heavy (non-hydrogen) atoms. The summed E-state index contributed by atoms with van der Waals surface area (Å²) in [5.41, 5.74) is 3.46. The van der Waals surface area contributed by atoms with Gasteiger partial charge >= 0.3 is 0 Å². The van der Waals surface area contributed by atoms with Crippen LogP contribution < -0.4 is 10.2 Å². The Bertz CT molecular complexity index is 1040. The van der Waals surface area contributed by atoms with Gasteiger partial charge in [-0.3, -0.25) is 19.9 Å². The van der Waals surface area contributed by atoms with Gasteiger partial charge in [0.1, 0.15) is 0 Å². The summed E-state index contributed by atoms with van der Waals surface area (Å²) in [4.78, 5) is 28.5. The molecular formula is C21H19ClN4O3. The Hall–Kier alpha value is -3.45. The number of benzene rings is 2. The van der Waals surface area contributed by atoms with Crippen molar-refractivity contribution in [2.24, 2.45) is 0 Å². The van der Waals surface area contributed by atoms with E-state index in [-0.39, 0.29) is 11.6 Å². The normalized spacial score (nSPS) is 10.4. The smallest absolute Gasteiger partial charge is 0.273 e. The number of aryl methyl sites for hydroxylation is 1. The topological polar surface area (TPSA) is 88.4 Å². The van der Waals surface area contributed by atoms with Crippen LogP contribution in [0.25, 0.3) is 0 Å². The van der Waals surface area contributed by atoms with Crippen molar-refractivity contribution in [2.75, 3.05) is 17.3 Å². The van der Waals surface area contributed by atoms with E-state index in [1.165, 1.54) is 6.07 Å². The molecule has 0 aliphatic heterocycles. The first-order valence-corrected chi connectivity index (χ1v) is 9.20. The largest absolute Gasteiger partial charge is 0.380 e. The molecule has 0 atom stereocenters. The van der Waals surface area contributed by atoms with Gasteiger partial charge in [-0.2, -0.15) is 0 Å². The van der Waals surface area contributed by atoms with Gasteiger partial charge in [-0.05, 0) is 42.8 Å². The van der Waals surface area contributed by atoms with Crippen LogP contribution in [0.4, 0.5) is 17.1 Å². The molecule has 148 valence electrons. The summed E-state index contributed by atoms with van der Waals surface area (Å²) in [6, 6.07) is 13.9. The molecule has 1 heterocycles. The molecule has 0 aliphatic rings. The van der Waals surface area contributed by atoms with Gasteiger partial charge in [0, 0.05) is 48.9 Å². The van der Waals surface area contributed by atoms with Crippen LogP contribution in [-0.4, -0.2) is 22.9 Å². The number of aromatic nitrogens is 1. The molecule has 1 N–H and O–H groups in total. The maximum Gasteiger partial charge on any atom is 0.273 e. The Morgan fingerprint density at radius 3 is 2.45 bits per heavy atom. The molecular weight excluding hydrogens is 392 g/mol. The summed E-state index contributed by atoms with van der Waals surface area (Å²) in [5.74, 6) is -0.119. The Balaban J connectivity index is 1.68. The lowest BCUT2D eigenvalue weighted by molar-refractivity contribution is -0.385. The maximum absolute atomic E-state index is 12.5. The molecule has 0 spiro atoms. The summed E-state index contributed by atoms with van der Waals surface area (Å²) in [6.07, 6.45) is 3.17. The number of hydrogen-bond donors (Lipinski definition) is 1. The number of amides is 1. The lowest BCUT2D eigenvalue weighted by Gasteiger charge is -2.18. The molecule has 0 saturated carbocycles. The fraction of sp³-hybridized carbons (Fsp3) is 0.143. The van der Waals surface area contributed by atoms with E-state index in [0.29, 0.717) is 28.4 Å². The SMILES string of the molecule is Cc1cc(NCc2ccc(N(C)C(=O)c3ccncc3)cc2)c(Cl)cc1[N+](=O)[O-]. The van der Waals surface area contributed by atoms with Crippen LogP contribution in [0.2, 0.25) is 5.02 Å². The second-order valence-electron chi connectivity index (χ2n) is 6.50. The fourth-order valence-electron chi connectivity index (χ4n) is 2.84. The van der Waals surface area contributed by atoms with Crippen molar-refractivity contribution in [1.82, 2.24) is 4.98 Å². The first-order valence-electron chi connectivity index (χ1n) is 8.82. The third kappa shape index (κ3) is 4.70. The number of nitro benzene ring substituents is 1. The molecule has 1 amide bonds. The van der Waals surface area contributed by atoms with Gasteiger partial charge in [-0.1, -0.05) is 23.7 Å². The number of nitro groups is 1. The highest BCUT2D eigenvalue weighted by Gasteiger charge is 2.15. The van der Waals surface area contributed by atoms with Crippen molar-refractivity contribution in [3.8, 4) is 0 Å². The monoisotopic (exact) mass is 410 g/mol. The second kappa shape index (κ2) is 8.70. The quantitative estimate of drug-likeness (QED) is 0.464. The molecule has 0 bridgehead atoms. The molecule has 7 nitrogen and oxygen atoms in total. The highest BCUT2D eigenvalue weighted by atomic mass is 35.5. The van der Waals surface area contributed by atoms with Gasteiger partial charge in [0.05, 0.1) is 15.6 Å². The van der Waals surface area contributed by atoms with E-state index in [9.17, 15) is 14.9 Å². The number of nitrogens with one attached hydrogen (secondary N) is 1. The predicted molar refractivity (Wildman–Crippen MR) is 114 cm³/mol. The Kier molecular flexibility index (Phi) is 6.09. The average molecular weight is 411 g/mol. The number of rotatable bonds is 6. The van der Waals surface area contributed by atoms with Gasteiger partial charge in [0.2, 0.25) is 0 Å². The summed E-state index contributed by atoms with van der Waals surface area (Å²) >= 11 is 6.16. The highest BCUT2D eigenvalue weighted by molar-refractivity contribution is 6.33. The molecule has 8 heteroatoms. The third-order valence-corrected chi connectivity index (χ3v) is 4.83. The van der Waals surface area contributed by atoms with Crippen LogP contribution in [0.1, 0.15) is 21.5 Å². The standard InChI is InChI=1S/C21H19ClN4O3/c1-14-11-19(18(22)12-20(14)26(28)29)24-13-15-3-5-17(6-4-15)25(2)21(27)16-7-9-23-10-8-16/h3-12,24H,13H2,1-2H3. The zero-order valence-corrected chi connectivity index (χ0v) is 16.7. The predicted octanol–water partition coefficient (Wildman–Crippen LogP) is 4.84. The van der Waals surface area contributed by atoms with Crippen LogP contribution in [0.3, 0.4) is 0 Å². The van der Waals surface area contributed by atoms with Crippen molar-refractivity contribution in [1.29, 1.82) is 0 Å². The van der Waals surface area contributed by atoms with Gasteiger partial charge in [-0.15, -0.1) is 0 Å². The van der Waals surface area contributed by atoms with E-state index in [2.05, 4.69) is 10.3 Å². The molecule has 0 fully saturated rings. The zero-order valence-electron chi connectivity index (χ0n) is 15.9. The van der Waals surface area contributed by atoms with Gasteiger partial charge in [-0.25, -0.2) is 0 Å². The number of hydrogen-bond acceptors (Lipinski definition) is 5. The number of nitrogens with zero attached hydrogens (tertiary/aromatic N) is 3. The Labute approximate surface area is 173 Å². The van der Waals surface area contributed by atoms with Crippen molar-refractivity contribution in [3.63, 3.8) is 0 Å². The number of anilines is 2. The van der Waals surface area contributed by atoms with E-state index in [1.807, 2.05) is 24.3 Å². The lowest BCUT2D eigenvalue weighted by Crippen LogP contribution is -2.26. The van der Waals surface area contributed by atoms with Crippen LogP contribution in [0, 0.1) is 17.0 Å². The highest BCUT2D eigenvalue weighted by Crippen LogP contribution is 2.30. The van der Waals surface area contributed by atoms with E-state index >= 15 is 0 Å². The summed E-state index contributed by atoms with van der Waals surface area (Å²) < 4.78 is 0. The van der Waals surface area contributed by atoms with Crippen molar-refractivity contribution < 1.29 is 9.72 Å². The summed E-state index contributed by atoms with van der Waals surface area (Å²) in [7, 11) is 1.72. The number of halogens is 1. The van der Waals surface area contributed by atoms with Crippen LogP contribution in [-0.2, 0) is 6.54 Å². The van der Waals surface area contributed by atoms with Crippen molar-refractivity contribution >= 4 is 34.6 Å². The molecule has 0 aliphatic carbocycles. The van der Waals surface area contributed by atoms with E-state index < -0.39 is 4.92 Å². The number of pyridine rings is 1. The van der Waals surface area contributed by atoms with Crippen LogP contribution in [0.5, 0.6) is 0 Å². The lowest BCUT2D eigenvalue weighted by atomic mass is 10.1. The average Bonchev–Trinajstić information content (AvgIpc) is 2.73. The minimum atomic E-state index is -0.451. The molecule has 3 aromatic rings. The second-order valence-corrected chi connectivity index (χ2v) is 6.90. The van der Waals surface area contributed by atoms with Gasteiger partial charge in [0.25, 0.3) is 11.6 Å². The Morgan fingerprint density at radius 2 is 1.83 bits per heavy atom. The molecule has 0 saturated heterocycles. The number of carbonyl (C=O) groups is 1. The zero-order chi connectivity index (χ0) is 21.0. The molecule has 1 aromatic heterocycles. The van der Waals surface area contributed by atoms with E-state index in [4.69, 9.17) is 11.6 Å². The summed E-state index contributed by atoms with van der Waals surface area (Å²) in [6.45, 7) is 2.16. The molecule has 0 radical (unpaired) electrons. The minimum absolute atomic E-state index is 0.00759. The van der Waals surface area contributed by atoms with Gasteiger partial charge < -0.3 is 10.2 Å². The first-order chi connectivity index (χ1) is 13.9. The summed E-state index contributed by atoms with van der Waals surface area (Å²) in [5, 5.41) is 14.5. The first kappa shape index (κ1) is 20.3. The molecule has 2 aromatic carbocycles. The molecule has 0 unspecified atom stereocenters.